The quantitative estimate of drug-likeness (QED) is 0.892. The minimum atomic E-state index is -0.181. The van der Waals surface area contributed by atoms with Crippen molar-refractivity contribution in [2.45, 2.75) is 26.3 Å². The van der Waals surface area contributed by atoms with Gasteiger partial charge in [0, 0.05) is 4.47 Å². The van der Waals surface area contributed by atoms with E-state index in [1.807, 2.05) is 26.0 Å². The molecule has 0 saturated heterocycles. The first-order valence-electron chi connectivity index (χ1n) is 5.27. The highest BCUT2D eigenvalue weighted by molar-refractivity contribution is 9.10. The molecule has 0 saturated carbocycles. The number of benzene rings is 1. The minimum absolute atomic E-state index is 0.0360. The summed E-state index contributed by atoms with van der Waals surface area (Å²) in [6.45, 7) is 3.82. The smallest absolute Gasteiger partial charge is 0.252 e. The van der Waals surface area contributed by atoms with E-state index >= 15 is 0 Å². The molecule has 0 aromatic heterocycles. The van der Waals surface area contributed by atoms with Gasteiger partial charge in [0.25, 0.3) is 5.91 Å². The maximum Gasteiger partial charge on any atom is 0.252 e. The van der Waals surface area contributed by atoms with E-state index < -0.39 is 0 Å². The van der Waals surface area contributed by atoms with Gasteiger partial charge in [0.2, 0.25) is 0 Å². The van der Waals surface area contributed by atoms with Crippen molar-refractivity contribution in [1.82, 2.24) is 5.32 Å². The summed E-state index contributed by atoms with van der Waals surface area (Å²) in [5.41, 5.74) is 1.62. The largest absolute Gasteiger partial charge is 0.394 e. The summed E-state index contributed by atoms with van der Waals surface area (Å²) in [6, 6.07) is 5.36. The molecular weight excluding hydrogens is 270 g/mol. The SMILES string of the molecule is CC[C@H](CO)NC(=O)c1cccc(C)c1Br. The van der Waals surface area contributed by atoms with Crippen molar-refractivity contribution in [3.63, 3.8) is 0 Å². The Morgan fingerprint density at radius 1 is 1.56 bits per heavy atom. The Morgan fingerprint density at radius 3 is 2.81 bits per heavy atom. The Balaban J connectivity index is 2.84. The van der Waals surface area contributed by atoms with E-state index in [2.05, 4.69) is 21.2 Å². The number of amides is 1. The lowest BCUT2D eigenvalue weighted by Gasteiger charge is -2.15. The number of hydrogen-bond acceptors (Lipinski definition) is 2. The van der Waals surface area contributed by atoms with Crippen LogP contribution in [0.4, 0.5) is 0 Å². The highest BCUT2D eigenvalue weighted by Crippen LogP contribution is 2.20. The second kappa shape index (κ2) is 6.01. The van der Waals surface area contributed by atoms with Gasteiger partial charge >= 0.3 is 0 Å². The molecule has 0 heterocycles. The van der Waals surface area contributed by atoms with E-state index in [0.29, 0.717) is 12.0 Å². The minimum Gasteiger partial charge on any atom is -0.394 e. The number of aryl methyl sites for hydroxylation is 1. The Morgan fingerprint density at radius 2 is 2.25 bits per heavy atom. The predicted molar refractivity (Wildman–Crippen MR) is 67.5 cm³/mol. The lowest BCUT2D eigenvalue weighted by molar-refractivity contribution is 0.0914. The number of carbonyl (C=O) groups is 1. The van der Waals surface area contributed by atoms with E-state index in [4.69, 9.17) is 5.11 Å². The van der Waals surface area contributed by atoms with Crippen molar-refractivity contribution in [1.29, 1.82) is 0 Å². The Labute approximate surface area is 104 Å². The number of aliphatic hydroxyl groups excluding tert-OH is 1. The van der Waals surface area contributed by atoms with Gasteiger partial charge < -0.3 is 10.4 Å². The van der Waals surface area contributed by atoms with Crippen LogP contribution in [-0.4, -0.2) is 23.7 Å². The molecule has 0 bridgehead atoms. The van der Waals surface area contributed by atoms with E-state index in [1.165, 1.54) is 0 Å². The van der Waals surface area contributed by atoms with Gasteiger partial charge in [-0.2, -0.15) is 0 Å². The lowest BCUT2D eigenvalue weighted by atomic mass is 10.1. The normalized spacial score (nSPS) is 12.2. The first-order valence-corrected chi connectivity index (χ1v) is 6.06. The van der Waals surface area contributed by atoms with Gasteiger partial charge in [0.05, 0.1) is 18.2 Å². The van der Waals surface area contributed by atoms with Gasteiger partial charge in [-0.1, -0.05) is 19.1 Å². The number of nitrogens with one attached hydrogen (secondary N) is 1. The van der Waals surface area contributed by atoms with Crippen molar-refractivity contribution in [3.05, 3.63) is 33.8 Å². The number of aliphatic hydroxyl groups is 1. The highest BCUT2D eigenvalue weighted by atomic mass is 79.9. The fraction of sp³-hybridized carbons (Fsp3) is 0.417. The van der Waals surface area contributed by atoms with Crippen LogP contribution in [0.15, 0.2) is 22.7 Å². The fourth-order valence-electron chi connectivity index (χ4n) is 1.36. The van der Waals surface area contributed by atoms with Crippen molar-refractivity contribution in [2.75, 3.05) is 6.61 Å². The van der Waals surface area contributed by atoms with Gasteiger partial charge in [0.1, 0.15) is 0 Å². The van der Waals surface area contributed by atoms with Gasteiger partial charge in [-0.15, -0.1) is 0 Å². The number of rotatable bonds is 4. The molecule has 0 aliphatic heterocycles. The molecule has 1 atom stereocenters. The standard InChI is InChI=1S/C12H16BrNO2/c1-3-9(7-15)14-12(16)10-6-4-5-8(2)11(10)13/h4-6,9,15H,3,7H2,1-2H3,(H,14,16)/t9-/m1/s1. The molecule has 0 spiro atoms. The summed E-state index contributed by atoms with van der Waals surface area (Å²) in [4.78, 5) is 11.9. The fourth-order valence-corrected chi connectivity index (χ4v) is 1.81. The average Bonchev–Trinajstić information content (AvgIpc) is 2.29. The second-order valence-electron chi connectivity index (χ2n) is 3.70. The molecule has 16 heavy (non-hydrogen) atoms. The van der Waals surface area contributed by atoms with Crippen molar-refractivity contribution < 1.29 is 9.90 Å². The second-order valence-corrected chi connectivity index (χ2v) is 4.49. The summed E-state index contributed by atoms with van der Waals surface area (Å²) < 4.78 is 0.806. The third kappa shape index (κ3) is 3.06. The van der Waals surface area contributed by atoms with Crippen LogP contribution in [0.1, 0.15) is 29.3 Å². The van der Waals surface area contributed by atoms with E-state index in [-0.39, 0.29) is 18.6 Å². The van der Waals surface area contributed by atoms with E-state index in [0.717, 1.165) is 10.0 Å². The number of carbonyl (C=O) groups excluding carboxylic acids is 1. The maximum absolute atomic E-state index is 11.9. The molecule has 1 aromatic carbocycles. The maximum atomic E-state index is 11.9. The molecule has 0 unspecified atom stereocenters. The molecule has 1 amide bonds. The summed E-state index contributed by atoms with van der Waals surface area (Å²) in [5, 5.41) is 11.8. The van der Waals surface area contributed by atoms with Gasteiger partial charge in [0.15, 0.2) is 0 Å². The molecule has 4 heteroatoms. The predicted octanol–water partition coefficient (Wildman–Crippen LogP) is 2.26. The third-order valence-electron chi connectivity index (χ3n) is 2.48. The first-order chi connectivity index (χ1) is 7.60. The lowest BCUT2D eigenvalue weighted by Crippen LogP contribution is -2.37. The summed E-state index contributed by atoms with van der Waals surface area (Å²) in [7, 11) is 0. The van der Waals surface area contributed by atoms with Gasteiger partial charge in [-0.25, -0.2) is 0 Å². The van der Waals surface area contributed by atoms with Crippen LogP contribution < -0.4 is 5.32 Å². The molecule has 88 valence electrons. The van der Waals surface area contributed by atoms with Crippen LogP contribution in [0.5, 0.6) is 0 Å². The van der Waals surface area contributed by atoms with Crippen LogP contribution in [0.3, 0.4) is 0 Å². The average molecular weight is 286 g/mol. The van der Waals surface area contributed by atoms with Crippen molar-refractivity contribution in [3.8, 4) is 0 Å². The summed E-state index contributed by atoms with van der Waals surface area (Å²) in [5.74, 6) is -0.156. The van der Waals surface area contributed by atoms with Gasteiger partial charge in [-0.3, -0.25) is 4.79 Å². The molecule has 1 rings (SSSR count). The molecule has 0 aliphatic carbocycles. The van der Waals surface area contributed by atoms with Crippen molar-refractivity contribution >= 4 is 21.8 Å². The first kappa shape index (κ1) is 13.2. The van der Waals surface area contributed by atoms with Crippen molar-refractivity contribution in [2.24, 2.45) is 0 Å². The molecular formula is C12H16BrNO2. The number of halogens is 1. The number of hydrogen-bond donors (Lipinski definition) is 2. The summed E-state index contributed by atoms with van der Waals surface area (Å²) in [6.07, 6.45) is 0.714. The topological polar surface area (TPSA) is 49.3 Å². The van der Waals surface area contributed by atoms with Crippen LogP contribution in [0.2, 0.25) is 0 Å². The summed E-state index contributed by atoms with van der Waals surface area (Å²) >= 11 is 3.39. The van der Waals surface area contributed by atoms with E-state index in [1.54, 1.807) is 6.07 Å². The molecule has 0 aliphatic rings. The molecule has 0 radical (unpaired) electrons. The van der Waals surface area contributed by atoms with E-state index in [9.17, 15) is 4.79 Å². The molecule has 2 N–H and O–H groups in total. The van der Waals surface area contributed by atoms with Crippen LogP contribution in [0.25, 0.3) is 0 Å². The van der Waals surface area contributed by atoms with Crippen LogP contribution >= 0.6 is 15.9 Å². The van der Waals surface area contributed by atoms with Gasteiger partial charge in [-0.05, 0) is 40.9 Å². The zero-order chi connectivity index (χ0) is 12.1. The van der Waals surface area contributed by atoms with Crippen LogP contribution in [0, 0.1) is 6.92 Å². The molecule has 3 nitrogen and oxygen atoms in total. The Hall–Kier alpha value is -0.870. The molecule has 1 aromatic rings. The zero-order valence-corrected chi connectivity index (χ0v) is 11.0. The third-order valence-corrected chi connectivity index (χ3v) is 3.54. The Bertz CT molecular complexity index is 375. The van der Waals surface area contributed by atoms with Crippen LogP contribution in [-0.2, 0) is 0 Å². The zero-order valence-electron chi connectivity index (χ0n) is 9.46. The highest BCUT2D eigenvalue weighted by Gasteiger charge is 2.14. The monoisotopic (exact) mass is 285 g/mol. The Kier molecular flexibility index (Phi) is 4.96. The molecule has 0 fully saturated rings.